The maximum Gasteiger partial charge on any atom is 0.322 e. The summed E-state index contributed by atoms with van der Waals surface area (Å²) in [6, 6.07) is 0. The molecule has 4 nitrogen and oxygen atoms in total. The highest BCUT2D eigenvalue weighted by Crippen LogP contribution is 2.27. The zero-order chi connectivity index (χ0) is 10.4. The topological polar surface area (TPSA) is 66.4 Å². The van der Waals surface area contributed by atoms with Crippen LogP contribution >= 0.6 is 11.8 Å². The van der Waals surface area contributed by atoms with Crippen molar-refractivity contribution in [2.45, 2.75) is 30.9 Å². The Labute approximate surface area is 87.4 Å². The number of hydrogen-bond acceptors (Lipinski definition) is 3. The van der Waals surface area contributed by atoms with Crippen molar-refractivity contribution in [3.8, 4) is 0 Å². The molecule has 1 fully saturated rings. The molecule has 0 radical (unpaired) electrons. The molecule has 1 saturated heterocycles. The number of carboxylic acid groups (broad SMARTS) is 1. The highest BCUT2D eigenvalue weighted by Gasteiger charge is 2.17. The number of carbonyl (C=O) groups excluding carboxylic acids is 1. The second kappa shape index (κ2) is 5.90. The molecule has 14 heavy (non-hydrogen) atoms. The number of carboxylic acids is 1. The standard InChI is InChI=1S/C9H15NO3S/c11-8(10-6-9(12)13)5-7-3-1-2-4-14-7/h7H,1-6H2,(H,10,11)(H,12,13). The van der Waals surface area contributed by atoms with Gasteiger partial charge in [-0.15, -0.1) is 0 Å². The van der Waals surface area contributed by atoms with E-state index in [1.54, 1.807) is 0 Å². The van der Waals surface area contributed by atoms with Crippen LogP contribution in [0.3, 0.4) is 0 Å². The van der Waals surface area contributed by atoms with Crippen LogP contribution in [0.4, 0.5) is 0 Å². The number of rotatable bonds is 4. The zero-order valence-corrected chi connectivity index (χ0v) is 8.81. The van der Waals surface area contributed by atoms with Gasteiger partial charge in [-0.25, -0.2) is 0 Å². The third-order valence-corrected chi connectivity index (χ3v) is 3.52. The van der Waals surface area contributed by atoms with Crippen molar-refractivity contribution < 1.29 is 14.7 Å². The van der Waals surface area contributed by atoms with E-state index in [1.165, 1.54) is 12.8 Å². The minimum atomic E-state index is -0.991. The molecule has 0 saturated carbocycles. The normalized spacial score (nSPS) is 21.6. The summed E-state index contributed by atoms with van der Waals surface area (Å²) in [4.78, 5) is 21.4. The van der Waals surface area contributed by atoms with Gasteiger partial charge in [0.05, 0.1) is 0 Å². The number of aliphatic carboxylic acids is 1. The van der Waals surface area contributed by atoms with Gasteiger partial charge in [0.2, 0.25) is 5.91 Å². The van der Waals surface area contributed by atoms with E-state index in [0.717, 1.165) is 12.2 Å². The van der Waals surface area contributed by atoms with Gasteiger partial charge in [-0.2, -0.15) is 11.8 Å². The Bertz CT molecular complexity index is 214. The third kappa shape index (κ3) is 4.50. The lowest BCUT2D eigenvalue weighted by Crippen LogP contribution is -2.31. The van der Waals surface area contributed by atoms with Crippen molar-refractivity contribution in [3.63, 3.8) is 0 Å². The fourth-order valence-electron chi connectivity index (χ4n) is 1.42. The Morgan fingerprint density at radius 2 is 2.21 bits per heavy atom. The first-order chi connectivity index (χ1) is 6.68. The van der Waals surface area contributed by atoms with Crippen LogP contribution in [0.15, 0.2) is 0 Å². The maximum atomic E-state index is 11.2. The molecule has 2 N–H and O–H groups in total. The van der Waals surface area contributed by atoms with Crippen molar-refractivity contribution in [2.75, 3.05) is 12.3 Å². The summed E-state index contributed by atoms with van der Waals surface area (Å²) in [6.45, 7) is -0.268. The van der Waals surface area contributed by atoms with Crippen LogP contribution in [0.5, 0.6) is 0 Å². The molecule has 0 aliphatic carbocycles. The summed E-state index contributed by atoms with van der Waals surface area (Å²) >= 11 is 1.82. The van der Waals surface area contributed by atoms with Gasteiger partial charge in [0.15, 0.2) is 0 Å². The van der Waals surface area contributed by atoms with Crippen molar-refractivity contribution in [3.05, 3.63) is 0 Å². The van der Waals surface area contributed by atoms with Gasteiger partial charge in [-0.1, -0.05) is 6.42 Å². The maximum absolute atomic E-state index is 11.2. The largest absolute Gasteiger partial charge is 0.480 e. The molecule has 0 spiro atoms. The second-order valence-electron chi connectivity index (χ2n) is 3.36. The smallest absolute Gasteiger partial charge is 0.322 e. The number of carbonyl (C=O) groups is 2. The van der Waals surface area contributed by atoms with Crippen molar-refractivity contribution in [1.29, 1.82) is 0 Å². The Kier molecular flexibility index (Phi) is 4.79. The van der Waals surface area contributed by atoms with E-state index in [1.807, 2.05) is 11.8 Å². The first-order valence-electron chi connectivity index (χ1n) is 4.78. The van der Waals surface area contributed by atoms with Crippen LogP contribution in [0.2, 0.25) is 0 Å². The highest BCUT2D eigenvalue weighted by atomic mass is 32.2. The van der Waals surface area contributed by atoms with E-state index < -0.39 is 5.97 Å². The molecule has 1 heterocycles. The van der Waals surface area contributed by atoms with Crippen LogP contribution in [0.25, 0.3) is 0 Å². The molecular weight excluding hydrogens is 202 g/mol. The molecular formula is C9H15NO3S. The van der Waals surface area contributed by atoms with Gasteiger partial charge in [0.25, 0.3) is 0 Å². The van der Waals surface area contributed by atoms with E-state index in [2.05, 4.69) is 5.32 Å². The quantitative estimate of drug-likeness (QED) is 0.733. The van der Waals surface area contributed by atoms with Crippen LogP contribution in [-0.4, -0.2) is 34.5 Å². The summed E-state index contributed by atoms with van der Waals surface area (Å²) in [5.74, 6) is -0.0156. The molecule has 80 valence electrons. The van der Waals surface area contributed by atoms with Crippen LogP contribution < -0.4 is 5.32 Å². The monoisotopic (exact) mass is 217 g/mol. The van der Waals surface area contributed by atoms with E-state index in [4.69, 9.17) is 5.11 Å². The van der Waals surface area contributed by atoms with Crippen molar-refractivity contribution in [1.82, 2.24) is 5.32 Å². The van der Waals surface area contributed by atoms with Crippen molar-refractivity contribution >= 4 is 23.6 Å². The first kappa shape index (κ1) is 11.4. The lowest BCUT2D eigenvalue weighted by Gasteiger charge is -2.20. The summed E-state index contributed by atoms with van der Waals surface area (Å²) in [5.41, 5.74) is 0. The van der Waals surface area contributed by atoms with Crippen LogP contribution in [0.1, 0.15) is 25.7 Å². The minimum absolute atomic E-state index is 0.146. The van der Waals surface area contributed by atoms with E-state index in [0.29, 0.717) is 11.7 Å². The summed E-state index contributed by atoms with van der Waals surface area (Å²) in [5, 5.41) is 11.1. The molecule has 0 aromatic rings. The van der Waals surface area contributed by atoms with Gasteiger partial charge in [0.1, 0.15) is 6.54 Å². The van der Waals surface area contributed by atoms with E-state index >= 15 is 0 Å². The summed E-state index contributed by atoms with van der Waals surface area (Å²) < 4.78 is 0. The van der Waals surface area contributed by atoms with E-state index in [-0.39, 0.29) is 12.5 Å². The second-order valence-corrected chi connectivity index (χ2v) is 4.77. The van der Waals surface area contributed by atoms with E-state index in [9.17, 15) is 9.59 Å². The zero-order valence-electron chi connectivity index (χ0n) is 7.99. The molecule has 1 aliphatic heterocycles. The highest BCUT2D eigenvalue weighted by molar-refractivity contribution is 7.99. The fourth-order valence-corrected chi connectivity index (χ4v) is 2.73. The lowest BCUT2D eigenvalue weighted by atomic mass is 10.1. The molecule has 0 aromatic carbocycles. The number of thioether (sulfide) groups is 1. The molecule has 0 bridgehead atoms. The number of nitrogens with one attached hydrogen (secondary N) is 1. The minimum Gasteiger partial charge on any atom is -0.480 e. The molecule has 1 unspecified atom stereocenters. The number of hydrogen-bond donors (Lipinski definition) is 2. The van der Waals surface area contributed by atoms with Gasteiger partial charge in [-0.3, -0.25) is 9.59 Å². The number of amides is 1. The van der Waals surface area contributed by atoms with Gasteiger partial charge < -0.3 is 10.4 Å². The SMILES string of the molecule is O=C(O)CNC(=O)CC1CCCCS1. The predicted octanol–water partition coefficient (Wildman–Crippen LogP) is 0.863. The summed E-state index contributed by atoms with van der Waals surface area (Å²) in [6.07, 6.45) is 3.95. The molecule has 5 heteroatoms. The first-order valence-corrected chi connectivity index (χ1v) is 5.83. The average molecular weight is 217 g/mol. The predicted molar refractivity (Wildman–Crippen MR) is 55.4 cm³/mol. The van der Waals surface area contributed by atoms with Crippen LogP contribution in [0, 0.1) is 0 Å². The molecule has 1 atom stereocenters. The fraction of sp³-hybridized carbons (Fsp3) is 0.778. The van der Waals surface area contributed by atoms with Gasteiger partial charge in [-0.05, 0) is 18.6 Å². The summed E-state index contributed by atoms with van der Waals surface area (Å²) in [7, 11) is 0. The Hall–Kier alpha value is -0.710. The Morgan fingerprint density at radius 1 is 1.43 bits per heavy atom. The molecule has 0 aromatic heterocycles. The van der Waals surface area contributed by atoms with Gasteiger partial charge >= 0.3 is 5.97 Å². The third-order valence-electron chi connectivity index (χ3n) is 2.12. The molecule has 1 aliphatic rings. The molecule has 1 rings (SSSR count). The van der Waals surface area contributed by atoms with Gasteiger partial charge in [0, 0.05) is 11.7 Å². The molecule has 1 amide bonds. The lowest BCUT2D eigenvalue weighted by molar-refractivity contribution is -0.137. The van der Waals surface area contributed by atoms with Crippen LogP contribution in [-0.2, 0) is 9.59 Å². The van der Waals surface area contributed by atoms with Crippen molar-refractivity contribution in [2.24, 2.45) is 0 Å². The Balaban J connectivity index is 2.15. The Morgan fingerprint density at radius 3 is 2.79 bits per heavy atom. The average Bonchev–Trinajstić information content (AvgIpc) is 2.16.